The summed E-state index contributed by atoms with van der Waals surface area (Å²) >= 11 is 0. The quantitative estimate of drug-likeness (QED) is 0.407. The summed E-state index contributed by atoms with van der Waals surface area (Å²) in [6, 6.07) is 8.05. The molecule has 0 amide bonds. The minimum Gasteiger partial charge on any atom is -0.493 e. The number of aliphatic hydroxyl groups is 1. The van der Waals surface area contributed by atoms with Gasteiger partial charge in [0, 0.05) is 32.7 Å². The SMILES string of the molecule is CCNC(=NCc1cccc(OCC(C)C)c1)NCC(C)(O)CN1CCOCC1. The highest BCUT2D eigenvalue weighted by atomic mass is 16.5. The zero-order valence-electron chi connectivity index (χ0n) is 18.4. The molecule has 0 saturated carbocycles. The maximum atomic E-state index is 10.8. The van der Waals surface area contributed by atoms with Crippen LogP contribution in [0.1, 0.15) is 33.3 Å². The van der Waals surface area contributed by atoms with Crippen molar-refractivity contribution in [2.45, 2.75) is 39.8 Å². The van der Waals surface area contributed by atoms with E-state index in [9.17, 15) is 5.11 Å². The smallest absolute Gasteiger partial charge is 0.191 e. The molecular weight excluding hydrogens is 368 g/mol. The first-order chi connectivity index (χ1) is 13.9. The Balaban J connectivity index is 1.89. The van der Waals surface area contributed by atoms with Crippen LogP contribution in [-0.2, 0) is 11.3 Å². The van der Waals surface area contributed by atoms with Crippen molar-refractivity contribution in [1.29, 1.82) is 0 Å². The molecule has 1 fully saturated rings. The highest BCUT2D eigenvalue weighted by molar-refractivity contribution is 5.79. The predicted molar refractivity (Wildman–Crippen MR) is 117 cm³/mol. The zero-order chi connectivity index (χ0) is 21.1. The van der Waals surface area contributed by atoms with Gasteiger partial charge in [-0.15, -0.1) is 0 Å². The van der Waals surface area contributed by atoms with Crippen LogP contribution in [0, 0.1) is 5.92 Å². The number of ether oxygens (including phenoxy) is 2. The van der Waals surface area contributed by atoms with E-state index in [1.165, 1.54) is 0 Å². The third kappa shape index (κ3) is 9.47. The standard InChI is InChI=1S/C22H38N4O3/c1-5-23-21(25-16-22(4,27)17-26-9-11-28-12-10-26)24-14-19-7-6-8-20(13-19)29-15-18(2)3/h6-8,13,18,27H,5,9-12,14-17H2,1-4H3,(H2,23,24,25). The topological polar surface area (TPSA) is 78.4 Å². The molecule has 3 N–H and O–H groups in total. The molecular formula is C22H38N4O3. The summed E-state index contributed by atoms with van der Waals surface area (Å²) in [5, 5.41) is 17.3. The Hall–Kier alpha value is -1.83. The molecule has 0 bridgehead atoms. The molecule has 2 rings (SSSR count). The largest absolute Gasteiger partial charge is 0.493 e. The lowest BCUT2D eigenvalue weighted by Crippen LogP contribution is -2.52. The highest BCUT2D eigenvalue weighted by Gasteiger charge is 2.25. The molecule has 164 valence electrons. The number of guanidine groups is 1. The summed E-state index contributed by atoms with van der Waals surface area (Å²) in [7, 11) is 0. The number of benzene rings is 1. The van der Waals surface area contributed by atoms with Crippen LogP contribution in [0.3, 0.4) is 0 Å². The van der Waals surface area contributed by atoms with Gasteiger partial charge in [0.1, 0.15) is 5.75 Å². The van der Waals surface area contributed by atoms with Crippen molar-refractivity contribution in [1.82, 2.24) is 15.5 Å². The number of hydrogen-bond acceptors (Lipinski definition) is 5. The van der Waals surface area contributed by atoms with Crippen molar-refractivity contribution >= 4 is 5.96 Å². The Bertz CT molecular complexity index is 628. The minimum absolute atomic E-state index is 0.424. The van der Waals surface area contributed by atoms with Gasteiger partial charge in [-0.3, -0.25) is 4.90 Å². The number of nitrogens with zero attached hydrogens (tertiary/aromatic N) is 2. The molecule has 1 aliphatic rings. The summed E-state index contributed by atoms with van der Waals surface area (Å²) in [5.41, 5.74) is 0.238. The van der Waals surface area contributed by atoms with Gasteiger partial charge >= 0.3 is 0 Å². The first kappa shape index (κ1) is 23.4. The van der Waals surface area contributed by atoms with Crippen LogP contribution >= 0.6 is 0 Å². The number of β-amino-alcohol motifs (C(OH)–C–C–N with tert-alkyl or cyclic N) is 1. The summed E-state index contributed by atoms with van der Waals surface area (Å²) in [6.07, 6.45) is 0. The number of hydrogen-bond donors (Lipinski definition) is 3. The number of rotatable bonds is 10. The van der Waals surface area contributed by atoms with Gasteiger partial charge in [-0.25, -0.2) is 4.99 Å². The molecule has 1 atom stereocenters. The number of morpholine rings is 1. The molecule has 7 nitrogen and oxygen atoms in total. The second-order valence-corrected chi connectivity index (χ2v) is 8.29. The van der Waals surface area contributed by atoms with Crippen molar-refractivity contribution < 1.29 is 14.6 Å². The second kappa shape index (κ2) is 12.0. The fourth-order valence-electron chi connectivity index (χ4n) is 3.08. The van der Waals surface area contributed by atoms with Crippen LogP contribution in [0.5, 0.6) is 5.75 Å². The van der Waals surface area contributed by atoms with Gasteiger partial charge in [0.05, 0.1) is 32.0 Å². The van der Waals surface area contributed by atoms with Gasteiger partial charge in [-0.1, -0.05) is 26.0 Å². The molecule has 1 aromatic rings. The van der Waals surface area contributed by atoms with E-state index < -0.39 is 5.60 Å². The Morgan fingerprint density at radius 3 is 2.76 bits per heavy atom. The Morgan fingerprint density at radius 2 is 2.07 bits per heavy atom. The normalized spacial score (nSPS) is 17.8. The molecule has 1 saturated heterocycles. The molecule has 29 heavy (non-hydrogen) atoms. The van der Waals surface area contributed by atoms with E-state index in [0.29, 0.717) is 38.1 Å². The number of nitrogens with one attached hydrogen (secondary N) is 2. The first-order valence-electron chi connectivity index (χ1n) is 10.6. The van der Waals surface area contributed by atoms with Crippen molar-refractivity contribution in [3.8, 4) is 5.75 Å². The number of aliphatic imine (C=N–C) groups is 1. The van der Waals surface area contributed by atoms with Crippen LogP contribution in [0.4, 0.5) is 0 Å². The van der Waals surface area contributed by atoms with Crippen molar-refractivity contribution in [3.05, 3.63) is 29.8 Å². The van der Waals surface area contributed by atoms with E-state index in [1.54, 1.807) is 0 Å². The lowest BCUT2D eigenvalue weighted by molar-refractivity contribution is -0.0201. The van der Waals surface area contributed by atoms with E-state index in [1.807, 2.05) is 38.1 Å². The Labute approximate surface area is 175 Å². The third-order valence-electron chi connectivity index (χ3n) is 4.55. The second-order valence-electron chi connectivity index (χ2n) is 8.29. The van der Waals surface area contributed by atoms with Crippen LogP contribution in [0.15, 0.2) is 29.3 Å². The molecule has 0 aliphatic carbocycles. The fraction of sp³-hybridized carbons (Fsp3) is 0.682. The molecule has 0 aromatic heterocycles. The molecule has 1 aliphatic heterocycles. The summed E-state index contributed by atoms with van der Waals surface area (Å²) in [6.45, 7) is 14.4. The third-order valence-corrected chi connectivity index (χ3v) is 4.55. The van der Waals surface area contributed by atoms with Gasteiger partial charge in [0.15, 0.2) is 5.96 Å². The van der Waals surface area contributed by atoms with E-state index in [4.69, 9.17) is 9.47 Å². The van der Waals surface area contributed by atoms with Crippen molar-refractivity contribution in [3.63, 3.8) is 0 Å². The fourth-order valence-corrected chi connectivity index (χ4v) is 3.08. The summed E-state index contributed by atoms with van der Waals surface area (Å²) < 4.78 is 11.2. The van der Waals surface area contributed by atoms with E-state index in [-0.39, 0.29) is 0 Å². The maximum Gasteiger partial charge on any atom is 0.191 e. The Morgan fingerprint density at radius 1 is 1.31 bits per heavy atom. The zero-order valence-corrected chi connectivity index (χ0v) is 18.4. The maximum absolute atomic E-state index is 10.8. The molecule has 7 heteroatoms. The van der Waals surface area contributed by atoms with Crippen LogP contribution in [-0.4, -0.2) is 74.1 Å². The molecule has 0 radical (unpaired) electrons. The highest BCUT2D eigenvalue weighted by Crippen LogP contribution is 2.15. The van der Waals surface area contributed by atoms with E-state index >= 15 is 0 Å². The van der Waals surface area contributed by atoms with Crippen molar-refractivity contribution in [2.24, 2.45) is 10.9 Å². The Kier molecular flexibility index (Phi) is 9.70. The predicted octanol–water partition coefficient (Wildman–Crippen LogP) is 1.86. The first-order valence-corrected chi connectivity index (χ1v) is 10.6. The van der Waals surface area contributed by atoms with Crippen LogP contribution in [0.2, 0.25) is 0 Å². The molecule has 1 heterocycles. The molecule has 1 aromatic carbocycles. The van der Waals surface area contributed by atoms with E-state index in [0.717, 1.165) is 44.2 Å². The average molecular weight is 407 g/mol. The van der Waals surface area contributed by atoms with Crippen LogP contribution in [0.25, 0.3) is 0 Å². The molecule has 0 spiro atoms. The van der Waals surface area contributed by atoms with Gasteiger partial charge in [0.25, 0.3) is 0 Å². The molecule has 1 unspecified atom stereocenters. The lowest BCUT2D eigenvalue weighted by atomic mass is 10.1. The average Bonchev–Trinajstić information content (AvgIpc) is 2.69. The van der Waals surface area contributed by atoms with E-state index in [2.05, 4.69) is 34.4 Å². The summed E-state index contributed by atoms with van der Waals surface area (Å²) in [5.74, 6) is 2.06. The monoisotopic (exact) mass is 406 g/mol. The van der Waals surface area contributed by atoms with Gasteiger partial charge in [0.2, 0.25) is 0 Å². The summed E-state index contributed by atoms with van der Waals surface area (Å²) in [4.78, 5) is 6.90. The van der Waals surface area contributed by atoms with Crippen molar-refractivity contribution in [2.75, 3.05) is 52.5 Å². The van der Waals surface area contributed by atoms with Gasteiger partial charge in [-0.05, 0) is 37.5 Å². The lowest BCUT2D eigenvalue weighted by Gasteiger charge is -2.34. The minimum atomic E-state index is -0.849. The van der Waals surface area contributed by atoms with Gasteiger partial charge in [-0.2, -0.15) is 0 Å². The van der Waals surface area contributed by atoms with Gasteiger partial charge < -0.3 is 25.2 Å². The van der Waals surface area contributed by atoms with Crippen LogP contribution < -0.4 is 15.4 Å².